The van der Waals surface area contributed by atoms with Gasteiger partial charge in [0.15, 0.2) is 0 Å². The number of anilines is 1. The molecule has 0 aromatic heterocycles. The number of likely N-dealkylation sites (N-methyl/N-ethyl adjacent to an activating group) is 1. The largest absolute Gasteiger partial charge is 0.355 e. The molecule has 0 saturated carbocycles. The Morgan fingerprint density at radius 2 is 1.49 bits per heavy atom. The zero-order valence-electron chi connectivity index (χ0n) is 30.9. The predicted octanol–water partition coefficient (Wildman–Crippen LogP) is 4.36. The van der Waals surface area contributed by atoms with Gasteiger partial charge in [-0.3, -0.25) is 23.5 Å². The lowest BCUT2D eigenvalue weighted by Gasteiger charge is -2.29. The summed E-state index contributed by atoms with van der Waals surface area (Å²) in [6.07, 6.45) is 1.57. The normalized spacial score (nSPS) is 16.2. The van der Waals surface area contributed by atoms with Crippen molar-refractivity contribution in [1.29, 1.82) is 0 Å². The van der Waals surface area contributed by atoms with Crippen LogP contribution in [0, 0.1) is 5.92 Å². The number of amides is 4. The van der Waals surface area contributed by atoms with Crippen LogP contribution < -0.4 is 30.9 Å². The molecule has 53 heavy (non-hydrogen) atoms. The Hall–Kier alpha value is -4.46. The van der Waals surface area contributed by atoms with Crippen LogP contribution in [0.2, 0.25) is 5.02 Å². The highest BCUT2D eigenvalue weighted by molar-refractivity contribution is 7.92. The van der Waals surface area contributed by atoms with Gasteiger partial charge in [0.2, 0.25) is 21.8 Å². The Labute approximate surface area is 317 Å². The van der Waals surface area contributed by atoms with Crippen molar-refractivity contribution in [2.75, 3.05) is 29.7 Å². The lowest BCUT2D eigenvalue weighted by atomic mass is 10.0. The summed E-state index contributed by atoms with van der Waals surface area (Å²) in [6.45, 7) is 9.87. The minimum absolute atomic E-state index is 0.0332. The fourth-order valence-corrected chi connectivity index (χ4v) is 7.91. The SMILES string of the molecule is CCNC(=O)[C@@H](NC(=O)[C@H](C)NC[C@H](Cc1ccccc1)NC(=O)c1cc(C(=O)N[C@H](C)c2cccc(Cl)c2)cc(N2CCCCS2(=O)=O)c1)C(C)C. The first kappa shape index (κ1) is 41.3. The van der Waals surface area contributed by atoms with Gasteiger partial charge in [0.25, 0.3) is 11.8 Å². The van der Waals surface area contributed by atoms with E-state index in [1.165, 1.54) is 22.5 Å². The maximum atomic E-state index is 14.1. The number of rotatable bonds is 16. The number of nitrogens with one attached hydrogen (secondary N) is 5. The van der Waals surface area contributed by atoms with E-state index in [4.69, 9.17) is 11.6 Å². The number of hydrogen-bond acceptors (Lipinski definition) is 7. The van der Waals surface area contributed by atoms with Crippen molar-refractivity contribution in [3.63, 3.8) is 0 Å². The van der Waals surface area contributed by atoms with Crippen LogP contribution in [0.5, 0.6) is 0 Å². The molecule has 14 heteroatoms. The molecular formula is C39H51ClN6O6S. The topological polar surface area (TPSA) is 166 Å². The molecule has 0 radical (unpaired) electrons. The molecule has 286 valence electrons. The van der Waals surface area contributed by atoms with Gasteiger partial charge in [-0.15, -0.1) is 0 Å². The molecule has 1 heterocycles. The lowest BCUT2D eigenvalue weighted by Crippen LogP contribution is -2.55. The average Bonchev–Trinajstić information content (AvgIpc) is 3.12. The fourth-order valence-electron chi connectivity index (χ4n) is 6.09. The second kappa shape index (κ2) is 19.0. The van der Waals surface area contributed by atoms with Crippen molar-refractivity contribution in [3.8, 4) is 0 Å². The molecule has 1 aliphatic rings. The van der Waals surface area contributed by atoms with Gasteiger partial charge in [-0.05, 0) is 87.4 Å². The van der Waals surface area contributed by atoms with Gasteiger partial charge in [-0.2, -0.15) is 0 Å². The lowest BCUT2D eigenvalue weighted by molar-refractivity contribution is -0.130. The number of halogens is 1. The molecule has 5 N–H and O–H groups in total. The molecule has 0 spiro atoms. The molecule has 1 aliphatic heterocycles. The molecule has 0 unspecified atom stereocenters. The van der Waals surface area contributed by atoms with Crippen LogP contribution in [-0.2, 0) is 26.0 Å². The zero-order valence-corrected chi connectivity index (χ0v) is 32.5. The minimum Gasteiger partial charge on any atom is -0.355 e. The third-order valence-electron chi connectivity index (χ3n) is 9.10. The van der Waals surface area contributed by atoms with Crippen molar-refractivity contribution in [2.24, 2.45) is 5.92 Å². The van der Waals surface area contributed by atoms with Crippen LogP contribution >= 0.6 is 11.6 Å². The van der Waals surface area contributed by atoms with E-state index in [1.807, 2.05) is 64.1 Å². The van der Waals surface area contributed by atoms with Crippen LogP contribution in [-0.4, -0.2) is 75.6 Å². The Morgan fingerprint density at radius 1 is 0.811 bits per heavy atom. The summed E-state index contributed by atoms with van der Waals surface area (Å²) < 4.78 is 27.6. The highest BCUT2D eigenvalue weighted by atomic mass is 35.5. The van der Waals surface area contributed by atoms with Crippen LogP contribution in [0.1, 0.15) is 85.3 Å². The predicted molar refractivity (Wildman–Crippen MR) is 208 cm³/mol. The van der Waals surface area contributed by atoms with Crippen LogP contribution in [0.25, 0.3) is 0 Å². The van der Waals surface area contributed by atoms with E-state index in [0.717, 1.165) is 11.1 Å². The third-order valence-corrected chi connectivity index (χ3v) is 11.2. The Bertz CT molecular complexity index is 1860. The standard InChI is InChI=1S/C39H51ClN6O6S/c1-6-41-39(50)35(25(2)3)45-36(47)27(5)42-24-33(19-28-13-8-7-9-14-28)44-38(49)31-20-30(22-34(23-31)46-17-10-11-18-53(46,51)52)37(48)43-26(4)29-15-12-16-32(40)21-29/h7-9,12-16,20-23,25-27,33,35,42H,6,10-11,17-19,24H2,1-5H3,(H,41,50)(H,43,48)(H,44,49)(H,45,47)/t26-,27+,33+,35+/m1/s1. The smallest absolute Gasteiger partial charge is 0.251 e. The zero-order chi connectivity index (χ0) is 38.7. The Kier molecular flexibility index (Phi) is 14.8. The van der Waals surface area contributed by atoms with Crippen molar-refractivity contribution in [3.05, 3.63) is 100 Å². The van der Waals surface area contributed by atoms with E-state index in [2.05, 4.69) is 26.6 Å². The van der Waals surface area contributed by atoms with Crippen molar-refractivity contribution >= 4 is 50.9 Å². The number of carbonyl (C=O) groups is 4. The quantitative estimate of drug-likeness (QED) is 0.145. The number of carbonyl (C=O) groups excluding carboxylic acids is 4. The maximum absolute atomic E-state index is 14.1. The second-order valence-electron chi connectivity index (χ2n) is 13.7. The molecule has 4 atom stereocenters. The molecule has 4 amide bonds. The molecule has 12 nitrogen and oxygen atoms in total. The highest BCUT2D eigenvalue weighted by Gasteiger charge is 2.29. The van der Waals surface area contributed by atoms with Crippen molar-refractivity contribution in [1.82, 2.24) is 26.6 Å². The summed E-state index contributed by atoms with van der Waals surface area (Å²) in [6, 6.07) is 18.7. The molecule has 0 aliphatic carbocycles. The van der Waals surface area contributed by atoms with Crippen LogP contribution in [0.3, 0.4) is 0 Å². The van der Waals surface area contributed by atoms with Gasteiger partial charge in [-0.25, -0.2) is 8.42 Å². The average molecular weight is 767 g/mol. The Morgan fingerprint density at radius 3 is 2.11 bits per heavy atom. The molecule has 1 saturated heterocycles. The maximum Gasteiger partial charge on any atom is 0.251 e. The van der Waals surface area contributed by atoms with E-state index < -0.39 is 46.0 Å². The molecule has 1 fully saturated rings. The third kappa shape index (κ3) is 11.8. The van der Waals surface area contributed by atoms with E-state index in [1.54, 1.807) is 25.1 Å². The minimum atomic E-state index is -3.66. The summed E-state index contributed by atoms with van der Waals surface area (Å²) in [7, 11) is -3.66. The van der Waals surface area contributed by atoms with Gasteiger partial charge in [0.1, 0.15) is 6.04 Å². The van der Waals surface area contributed by atoms with E-state index >= 15 is 0 Å². The van der Waals surface area contributed by atoms with Crippen LogP contribution in [0.15, 0.2) is 72.8 Å². The summed E-state index contributed by atoms with van der Waals surface area (Å²) in [5.41, 5.74) is 2.18. The van der Waals surface area contributed by atoms with Gasteiger partial charge in [0, 0.05) is 41.8 Å². The molecule has 0 bridgehead atoms. The molecule has 3 aromatic carbocycles. The number of benzene rings is 3. The molecule has 4 rings (SSSR count). The first-order valence-corrected chi connectivity index (χ1v) is 20.0. The fraction of sp³-hybridized carbons (Fsp3) is 0.436. The molecule has 3 aromatic rings. The Balaban J connectivity index is 1.59. The number of nitrogens with zero attached hydrogens (tertiary/aromatic N) is 1. The number of sulfonamides is 1. The summed E-state index contributed by atoms with van der Waals surface area (Å²) >= 11 is 6.17. The summed E-state index contributed by atoms with van der Waals surface area (Å²) in [5.74, 6) is -1.80. The van der Waals surface area contributed by atoms with Crippen LogP contribution in [0.4, 0.5) is 5.69 Å². The van der Waals surface area contributed by atoms with Gasteiger partial charge in [0.05, 0.1) is 23.5 Å². The van der Waals surface area contributed by atoms with Gasteiger partial charge < -0.3 is 26.6 Å². The van der Waals surface area contributed by atoms with E-state index in [-0.39, 0.29) is 53.4 Å². The summed E-state index contributed by atoms with van der Waals surface area (Å²) in [4.78, 5) is 53.5. The monoisotopic (exact) mass is 766 g/mol. The van der Waals surface area contributed by atoms with Crippen molar-refractivity contribution < 1.29 is 27.6 Å². The van der Waals surface area contributed by atoms with E-state index in [0.29, 0.717) is 30.8 Å². The molecular weight excluding hydrogens is 716 g/mol. The first-order valence-electron chi connectivity index (χ1n) is 18.1. The first-order chi connectivity index (χ1) is 25.2. The van der Waals surface area contributed by atoms with Gasteiger partial charge in [-0.1, -0.05) is 67.9 Å². The van der Waals surface area contributed by atoms with E-state index in [9.17, 15) is 27.6 Å². The number of hydrogen-bond donors (Lipinski definition) is 5. The summed E-state index contributed by atoms with van der Waals surface area (Å²) in [5, 5.41) is 15.3. The van der Waals surface area contributed by atoms with Gasteiger partial charge >= 0.3 is 0 Å². The second-order valence-corrected chi connectivity index (χ2v) is 16.2. The highest BCUT2D eigenvalue weighted by Crippen LogP contribution is 2.27. The van der Waals surface area contributed by atoms with Crippen molar-refractivity contribution in [2.45, 2.75) is 78.0 Å².